The van der Waals surface area contributed by atoms with E-state index in [9.17, 15) is 9.90 Å². The minimum Gasteiger partial charge on any atom is -0.459 e. The third-order valence-electron chi connectivity index (χ3n) is 5.98. The van der Waals surface area contributed by atoms with Crippen LogP contribution in [0.15, 0.2) is 42.0 Å². The number of carbonyl (C=O) groups is 1. The fraction of sp³-hybridized carbons (Fsp3) is 0.550. The molecule has 0 amide bonds. The Morgan fingerprint density at radius 1 is 1.25 bits per heavy atom. The van der Waals surface area contributed by atoms with Gasteiger partial charge < -0.3 is 9.84 Å². The van der Waals surface area contributed by atoms with Crippen molar-refractivity contribution in [1.29, 1.82) is 0 Å². The summed E-state index contributed by atoms with van der Waals surface area (Å²) in [5, 5.41) is 11.1. The molecule has 0 spiro atoms. The highest BCUT2D eigenvalue weighted by molar-refractivity contribution is 5.82. The fourth-order valence-corrected chi connectivity index (χ4v) is 4.29. The lowest BCUT2D eigenvalue weighted by Gasteiger charge is -2.32. The van der Waals surface area contributed by atoms with Gasteiger partial charge in [0.1, 0.15) is 6.61 Å². The molecule has 2 heterocycles. The van der Waals surface area contributed by atoms with E-state index in [-0.39, 0.29) is 5.92 Å². The molecule has 1 unspecified atom stereocenters. The highest BCUT2D eigenvalue weighted by Gasteiger charge is 2.52. The van der Waals surface area contributed by atoms with Crippen LogP contribution in [-0.4, -0.2) is 41.7 Å². The Balaban J connectivity index is 1.48. The molecule has 1 saturated heterocycles. The van der Waals surface area contributed by atoms with Crippen LogP contribution >= 0.6 is 0 Å². The number of carbonyl (C=O) groups excluding carboxylic acids is 1. The van der Waals surface area contributed by atoms with E-state index in [0.717, 1.165) is 25.7 Å². The zero-order valence-electron chi connectivity index (χ0n) is 14.1. The van der Waals surface area contributed by atoms with Gasteiger partial charge in [0.15, 0.2) is 5.60 Å². The van der Waals surface area contributed by atoms with Crippen molar-refractivity contribution < 1.29 is 14.6 Å². The zero-order valence-corrected chi connectivity index (χ0v) is 14.1. The van der Waals surface area contributed by atoms with E-state index in [1.807, 2.05) is 30.3 Å². The minimum absolute atomic E-state index is 0.0220. The van der Waals surface area contributed by atoms with Gasteiger partial charge in [-0.05, 0) is 50.3 Å². The van der Waals surface area contributed by atoms with Crippen molar-refractivity contribution in [2.75, 3.05) is 13.7 Å². The smallest absolute Gasteiger partial charge is 0.343 e. The van der Waals surface area contributed by atoms with Gasteiger partial charge in [0, 0.05) is 18.0 Å². The minimum atomic E-state index is -1.50. The predicted molar refractivity (Wildman–Crippen MR) is 91.3 cm³/mol. The second kappa shape index (κ2) is 6.01. The maximum absolute atomic E-state index is 12.8. The van der Waals surface area contributed by atoms with Crippen molar-refractivity contribution in [3.63, 3.8) is 0 Å². The van der Waals surface area contributed by atoms with Crippen LogP contribution in [0.1, 0.15) is 37.7 Å². The van der Waals surface area contributed by atoms with Crippen LogP contribution < -0.4 is 0 Å². The second-order valence-corrected chi connectivity index (χ2v) is 7.41. The van der Waals surface area contributed by atoms with E-state index >= 15 is 0 Å². The molecule has 3 aliphatic rings. The van der Waals surface area contributed by atoms with Crippen LogP contribution in [0.25, 0.3) is 0 Å². The molecule has 4 heteroatoms. The molecule has 2 aliphatic heterocycles. The van der Waals surface area contributed by atoms with E-state index in [4.69, 9.17) is 4.74 Å². The number of aliphatic hydroxyl groups is 1. The molecule has 1 aromatic rings. The van der Waals surface area contributed by atoms with Crippen LogP contribution in [0.4, 0.5) is 0 Å². The molecule has 4 rings (SSSR count). The highest BCUT2D eigenvalue weighted by Crippen LogP contribution is 2.46. The number of rotatable bonds is 5. The van der Waals surface area contributed by atoms with Crippen molar-refractivity contribution >= 4 is 5.97 Å². The lowest BCUT2D eigenvalue weighted by Crippen LogP contribution is -2.41. The van der Waals surface area contributed by atoms with E-state index < -0.39 is 11.6 Å². The van der Waals surface area contributed by atoms with Crippen molar-refractivity contribution in [1.82, 2.24) is 4.90 Å². The summed E-state index contributed by atoms with van der Waals surface area (Å²) in [6.45, 7) is 0.294. The third-order valence-corrected chi connectivity index (χ3v) is 5.98. The van der Waals surface area contributed by atoms with E-state index in [2.05, 4.69) is 18.0 Å². The van der Waals surface area contributed by atoms with Crippen LogP contribution in [0, 0.1) is 5.92 Å². The quantitative estimate of drug-likeness (QED) is 0.667. The average Bonchev–Trinajstić information content (AvgIpc) is 3.42. The Kier molecular flexibility index (Phi) is 3.97. The maximum Gasteiger partial charge on any atom is 0.343 e. The van der Waals surface area contributed by atoms with Gasteiger partial charge in [0.05, 0.1) is 0 Å². The summed E-state index contributed by atoms with van der Waals surface area (Å²) < 4.78 is 5.62. The van der Waals surface area contributed by atoms with Crippen LogP contribution in [0.5, 0.6) is 0 Å². The van der Waals surface area contributed by atoms with Crippen LogP contribution in [-0.2, 0) is 15.1 Å². The predicted octanol–water partition coefficient (Wildman–Crippen LogP) is 2.62. The summed E-state index contributed by atoms with van der Waals surface area (Å²) in [4.78, 5) is 15.2. The van der Waals surface area contributed by atoms with E-state index in [1.165, 1.54) is 12.0 Å². The number of ether oxygens (including phenoxy) is 1. The number of hydrogen-bond donors (Lipinski definition) is 1. The Morgan fingerprint density at radius 2 is 2.00 bits per heavy atom. The normalized spacial score (nSPS) is 29.0. The lowest BCUT2D eigenvalue weighted by molar-refractivity contribution is -0.168. The molecular weight excluding hydrogens is 302 g/mol. The van der Waals surface area contributed by atoms with Gasteiger partial charge in [-0.3, -0.25) is 4.90 Å². The summed E-state index contributed by atoms with van der Waals surface area (Å²) in [5.41, 5.74) is 0.333. The standard InChI is InChI=1S/C20H25NO3/c1-21-17-10-7-14(18(21)12-11-17)13-24-19(22)20(23,16-8-9-16)15-5-3-2-4-6-15/h2-7,16-18,23H,8-13H2,1H3/t17-,18-,20?/m1/s1. The molecule has 128 valence electrons. The van der Waals surface area contributed by atoms with Crippen molar-refractivity contribution in [2.45, 2.75) is 49.8 Å². The second-order valence-electron chi connectivity index (χ2n) is 7.41. The number of nitrogens with zero attached hydrogens (tertiary/aromatic N) is 1. The van der Waals surface area contributed by atoms with Gasteiger partial charge >= 0.3 is 5.97 Å². The average molecular weight is 327 g/mol. The summed E-state index contributed by atoms with van der Waals surface area (Å²) in [5.74, 6) is -0.522. The number of fused-ring (bicyclic) bond motifs is 2. The van der Waals surface area contributed by atoms with Gasteiger partial charge in [0.2, 0.25) is 0 Å². The van der Waals surface area contributed by atoms with Crippen molar-refractivity contribution in [3.8, 4) is 0 Å². The van der Waals surface area contributed by atoms with Crippen molar-refractivity contribution in [2.24, 2.45) is 5.92 Å². The number of likely N-dealkylation sites (N-methyl/N-ethyl adjacent to an activating group) is 1. The zero-order chi connectivity index (χ0) is 16.7. The molecule has 2 fully saturated rings. The van der Waals surface area contributed by atoms with Gasteiger partial charge in [-0.15, -0.1) is 0 Å². The van der Waals surface area contributed by atoms with E-state index in [1.54, 1.807) is 0 Å². The maximum atomic E-state index is 12.8. The molecule has 1 aliphatic carbocycles. The molecule has 4 nitrogen and oxygen atoms in total. The molecule has 0 aromatic heterocycles. The van der Waals surface area contributed by atoms with E-state index in [0.29, 0.717) is 24.3 Å². The first-order valence-corrected chi connectivity index (χ1v) is 8.96. The Bertz CT molecular complexity index is 652. The fourth-order valence-electron chi connectivity index (χ4n) is 4.29. The molecule has 2 bridgehead atoms. The molecule has 1 N–H and O–H groups in total. The summed E-state index contributed by atoms with van der Waals surface area (Å²) in [7, 11) is 2.15. The Morgan fingerprint density at radius 3 is 2.71 bits per heavy atom. The number of benzene rings is 1. The summed E-state index contributed by atoms with van der Waals surface area (Å²) in [6.07, 6.45) is 7.35. The Hall–Kier alpha value is -1.65. The van der Waals surface area contributed by atoms with Crippen LogP contribution in [0.3, 0.4) is 0 Å². The highest BCUT2D eigenvalue weighted by atomic mass is 16.5. The SMILES string of the molecule is CN1[C@@H]2CC=C(COC(=O)C(O)(c3ccccc3)C3CC3)[C@H]1CC2. The first kappa shape index (κ1) is 15.9. The van der Waals surface area contributed by atoms with Gasteiger partial charge in [-0.25, -0.2) is 4.79 Å². The first-order valence-electron chi connectivity index (χ1n) is 8.96. The topological polar surface area (TPSA) is 49.8 Å². The number of esters is 1. The van der Waals surface area contributed by atoms with Gasteiger partial charge in [-0.2, -0.15) is 0 Å². The largest absolute Gasteiger partial charge is 0.459 e. The molecule has 0 radical (unpaired) electrons. The third kappa shape index (κ3) is 2.58. The molecule has 24 heavy (non-hydrogen) atoms. The van der Waals surface area contributed by atoms with Gasteiger partial charge in [-0.1, -0.05) is 36.4 Å². The van der Waals surface area contributed by atoms with Gasteiger partial charge in [0.25, 0.3) is 0 Å². The van der Waals surface area contributed by atoms with Crippen LogP contribution in [0.2, 0.25) is 0 Å². The summed E-state index contributed by atoms with van der Waals surface area (Å²) >= 11 is 0. The monoisotopic (exact) mass is 327 g/mol. The molecule has 3 atom stereocenters. The lowest BCUT2D eigenvalue weighted by atomic mass is 9.89. The first-order chi connectivity index (χ1) is 11.6. The molecular formula is C20H25NO3. The Labute approximate surface area is 143 Å². The number of hydrogen-bond acceptors (Lipinski definition) is 4. The summed E-state index contributed by atoms with van der Waals surface area (Å²) in [6, 6.07) is 10.3. The molecule has 1 aromatic carbocycles. The molecule has 1 saturated carbocycles. The van der Waals surface area contributed by atoms with Crippen molar-refractivity contribution in [3.05, 3.63) is 47.5 Å².